The number of nitrogens with one attached hydrogen (secondary N) is 2. The summed E-state index contributed by atoms with van der Waals surface area (Å²) in [7, 11) is 0. The van der Waals surface area contributed by atoms with Crippen molar-refractivity contribution in [3.63, 3.8) is 0 Å². The maximum Gasteiger partial charge on any atom is 0.344 e. The number of urea groups is 1. The van der Waals surface area contributed by atoms with Crippen LogP contribution >= 0.6 is 34.7 Å². The van der Waals surface area contributed by atoms with Crippen LogP contribution in [0.3, 0.4) is 0 Å². The number of hydrogen-bond acceptors (Lipinski definition) is 6. The van der Waals surface area contributed by atoms with Gasteiger partial charge in [0.1, 0.15) is 11.6 Å². The third-order valence-electron chi connectivity index (χ3n) is 3.09. The summed E-state index contributed by atoms with van der Waals surface area (Å²) in [5.41, 5.74) is 0.310. The molecule has 0 aliphatic rings. The monoisotopic (exact) mass is 419 g/mol. The van der Waals surface area contributed by atoms with Gasteiger partial charge in [-0.15, -0.1) is 0 Å². The van der Waals surface area contributed by atoms with Gasteiger partial charge in [-0.2, -0.15) is 4.37 Å². The van der Waals surface area contributed by atoms with Gasteiger partial charge in [-0.3, -0.25) is 5.32 Å². The number of carboxylic acids is 1. The van der Waals surface area contributed by atoms with Crippen molar-refractivity contribution in [1.29, 1.82) is 0 Å². The first-order valence-electron chi connectivity index (χ1n) is 7.37. The summed E-state index contributed by atoms with van der Waals surface area (Å²) in [6.07, 6.45) is 0.386. The normalized spacial score (nSPS) is 10.4. The fraction of sp³-hybridized carbons (Fsp3) is 0.267. The van der Waals surface area contributed by atoms with E-state index >= 15 is 0 Å². The molecule has 0 unspecified atom stereocenters. The van der Waals surface area contributed by atoms with Crippen LogP contribution in [-0.2, 0) is 6.61 Å². The molecule has 0 saturated carbocycles. The van der Waals surface area contributed by atoms with Crippen molar-refractivity contribution >= 4 is 51.7 Å². The molecule has 11 heteroatoms. The Hall–Kier alpha value is -2.07. The number of aliphatic hydroxyl groups excluding tert-OH is 1. The molecule has 1 aromatic heterocycles. The van der Waals surface area contributed by atoms with Gasteiger partial charge >= 0.3 is 12.0 Å². The fourth-order valence-corrected chi connectivity index (χ4v) is 2.97. The predicted molar refractivity (Wildman–Crippen MR) is 98.6 cm³/mol. The lowest BCUT2D eigenvalue weighted by Gasteiger charge is -2.08. The summed E-state index contributed by atoms with van der Waals surface area (Å²) >= 11 is 12.7. The average Bonchev–Trinajstić information content (AvgIpc) is 2.98. The number of hydrogen-bond donors (Lipinski definition) is 4. The SMILES string of the molecule is O=C(NCCCO)Nc1snc(OCc2cc(Cl)ccc2Cl)c1C(=O)O. The van der Waals surface area contributed by atoms with E-state index in [0.717, 1.165) is 11.5 Å². The smallest absolute Gasteiger partial charge is 0.344 e. The summed E-state index contributed by atoms with van der Waals surface area (Å²) < 4.78 is 9.39. The van der Waals surface area contributed by atoms with Crippen LogP contribution in [0.25, 0.3) is 0 Å². The van der Waals surface area contributed by atoms with Gasteiger partial charge in [-0.25, -0.2) is 9.59 Å². The number of rotatable bonds is 8. The molecule has 26 heavy (non-hydrogen) atoms. The van der Waals surface area contributed by atoms with E-state index in [1.165, 1.54) is 0 Å². The molecule has 0 radical (unpaired) electrons. The van der Waals surface area contributed by atoms with E-state index in [0.29, 0.717) is 22.0 Å². The van der Waals surface area contributed by atoms with Crippen molar-refractivity contribution in [1.82, 2.24) is 9.69 Å². The highest BCUT2D eigenvalue weighted by atomic mass is 35.5. The maximum absolute atomic E-state index is 11.7. The highest BCUT2D eigenvalue weighted by Crippen LogP contribution is 2.32. The number of amides is 2. The quantitative estimate of drug-likeness (QED) is 0.487. The molecule has 1 aromatic carbocycles. The zero-order valence-corrected chi connectivity index (χ0v) is 15.6. The van der Waals surface area contributed by atoms with Crippen molar-refractivity contribution in [2.75, 3.05) is 18.5 Å². The largest absolute Gasteiger partial charge is 0.477 e. The lowest BCUT2D eigenvalue weighted by molar-refractivity contribution is 0.0693. The van der Waals surface area contributed by atoms with Gasteiger partial charge < -0.3 is 20.3 Å². The van der Waals surface area contributed by atoms with Gasteiger partial charge in [0.05, 0.1) is 0 Å². The molecule has 140 valence electrons. The molecule has 0 aliphatic heterocycles. The van der Waals surface area contributed by atoms with E-state index < -0.39 is 12.0 Å². The number of halogens is 2. The molecule has 2 rings (SSSR count). The summed E-state index contributed by atoms with van der Waals surface area (Å²) in [4.78, 5) is 23.3. The number of ether oxygens (including phenoxy) is 1. The zero-order chi connectivity index (χ0) is 19.1. The van der Waals surface area contributed by atoms with Crippen LogP contribution in [0.5, 0.6) is 5.88 Å². The maximum atomic E-state index is 11.7. The van der Waals surface area contributed by atoms with Crippen molar-refractivity contribution in [2.45, 2.75) is 13.0 Å². The van der Waals surface area contributed by atoms with E-state index in [9.17, 15) is 14.7 Å². The number of carbonyl (C=O) groups excluding carboxylic acids is 1. The minimum Gasteiger partial charge on any atom is -0.477 e. The number of carbonyl (C=O) groups is 2. The Morgan fingerprint density at radius 3 is 2.77 bits per heavy atom. The van der Waals surface area contributed by atoms with E-state index in [1.54, 1.807) is 18.2 Å². The Balaban J connectivity index is 2.09. The van der Waals surface area contributed by atoms with Crippen LogP contribution in [0.15, 0.2) is 18.2 Å². The molecule has 0 atom stereocenters. The van der Waals surface area contributed by atoms with Gasteiger partial charge in [-0.05, 0) is 36.2 Å². The first-order chi connectivity index (χ1) is 12.4. The molecule has 1 heterocycles. The molecule has 0 spiro atoms. The minimum atomic E-state index is -1.29. The standard InChI is InChI=1S/C15H15Cl2N3O5S/c16-9-2-3-10(17)8(6-9)7-25-12-11(14(22)23)13(26-20-12)19-15(24)18-4-1-5-21/h2-3,6,21H,1,4-5,7H2,(H,22,23)(H2,18,19,24). The molecule has 2 amide bonds. The van der Waals surface area contributed by atoms with Crippen LogP contribution in [0.1, 0.15) is 22.3 Å². The second-order valence-corrected chi connectivity index (χ2v) is 6.60. The van der Waals surface area contributed by atoms with E-state index in [4.69, 9.17) is 33.0 Å². The Labute approximate surface area is 162 Å². The lowest BCUT2D eigenvalue weighted by Crippen LogP contribution is -2.30. The minimum absolute atomic E-state index is 0.0335. The molecule has 0 bridgehead atoms. The van der Waals surface area contributed by atoms with Crippen molar-refractivity contribution in [3.8, 4) is 5.88 Å². The summed E-state index contributed by atoms with van der Waals surface area (Å²) in [5, 5.41) is 23.9. The third-order valence-corrected chi connectivity index (χ3v) is 4.44. The van der Waals surface area contributed by atoms with Crippen molar-refractivity contribution in [3.05, 3.63) is 39.4 Å². The van der Waals surface area contributed by atoms with Gasteiger partial charge in [0, 0.05) is 28.8 Å². The summed E-state index contributed by atoms with van der Waals surface area (Å²) in [5.74, 6) is -1.43. The van der Waals surface area contributed by atoms with Crippen LogP contribution in [-0.4, -0.2) is 39.7 Å². The second-order valence-electron chi connectivity index (χ2n) is 4.98. The van der Waals surface area contributed by atoms with Crippen LogP contribution < -0.4 is 15.4 Å². The summed E-state index contributed by atoms with van der Waals surface area (Å²) in [6, 6.07) is 4.22. The highest BCUT2D eigenvalue weighted by molar-refractivity contribution is 7.11. The molecular weight excluding hydrogens is 405 g/mol. The number of aromatic nitrogens is 1. The van der Waals surface area contributed by atoms with E-state index in [2.05, 4.69) is 15.0 Å². The van der Waals surface area contributed by atoms with Crippen LogP contribution in [0, 0.1) is 0 Å². The first kappa shape index (κ1) is 20.2. The molecule has 0 saturated heterocycles. The van der Waals surface area contributed by atoms with Crippen LogP contribution in [0.4, 0.5) is 9.80 Å². The topological polar surface area (TPSA) is 121 Å². The highest BCUT2D eigenvalue weighted by Gasteiger charge is 2.23. The lowest BCUT2D eigenvalue weighted by atomic mass is 10.2. The van der Waals surface area contributed by atoms with Gasteiger partial charge in [-0.1, -0.05) is 23.2 Å². The Morgan fingerprint density at radius 2 is 2.08 bits per heavy atom. The average molecular weight is 420 g/mol. The van der Waals surface area contributed by atoms with Crippen LogP contribution in [0.2, 0.25) is 10.0 Å². The van der Waals surface area contributed by atoms with E-state index in [1.807, 2.05) is 0 Å². The Kier molecular flexibility index (Phi) is 7.46. The number of carboxylic acid groups (broad SMARTS) is 1. The molecule has 0 aliphatic carbocycles. The Bertz CT molecular complexity index is 800. The molecular formula is C15H15Cl2N3O5S. The number of aromatic carboxylic acids is 1. The van der Waals surface area contributed by atoms with Gasteiger partial charge in [0.2, 0.25) is 5.88 Å². The number of benzene rings is 1. The predicted octanol–water partition coefficient (Wildman–Crippen LogP) is 3.23. The zero-order valence-electron chi connectivity index (χ0n) is 13.3. The molecule has 2 aromatic rings. The number of anilines is 1. The van der Waals surface area contributed by atoms with Gasteiger partial charge in [0.25, 0.3) is 0 Å². The molecule has 4 N–H and O–H groups in total. The molecule has 8 nitrogen and oxygen atoms in total. The first-order valence-corrected chi connectivity index (χ1v) is 8.90. The second kappa shape index (κ2) is 9.58. The molecule has 0 fully saturated rings. The summed E-state index contributed by atoms with van der Waals surface area (Å²) in [6.45, 7) is 0.150. The third kappa shape index (κ3) is 5.46. The van der Waals surface area contributed by atoms with Crippen molar-refractivity contribution in [2.24, 2.45) is 0 Å². The van der Waals surface area contributed by atoms with Crippen molar-refractivity contribution < 1.29 is 24.5 Å². The van der Waals surface area contributed by atoms with E-state index in [-0.39, 0.29) is 36.2 Å². The number of nitrogens with zero attached hydrogens (tertiary/aromatic N) is 1. The number of aliphatic hydroxyl groups is 1. The van der Waals surface area contributed by atoms with Gasteiger partial charge in [0.15, 0.2) is 5.56 Å². The Morgan fingerprint density at radius 1 is 1.31 bits per heavy atom. The fourth-order valence-electron chi connectivity index (χ4n) is 1.88.